The molecular weight excluding hydrogens is 238 g/mol. The van der Waals surface area contributed by atoms with Crippen molar-refractivity contribution in [1.29, 1.82) is 0 Å². The van der Waals surface area contributed by atoms with E-state index >= 15 is 0 Å². The second-order valence-electron chi connectivity index (χ2n) is 4.36. The Morgan fingerprint density at radius 3 is 2.84 bits per heavy atom. The SMILES string of the molecule is CCCOc1ccccc1Nc1nccc(C)c1N. The van der Waals surface area contributed by atoms with Gasteiger partial charge in [-0.15, -0.1) is 0 Å². The van der Waals surface area contributed by atoms with E-state index in [1.807, 2.05) is 37.3 Å². The number of ether oxygens (including phenoxy) is 1. The number of nitrogens with two attached hydrogens (primary N) is 1. The molecule has 0 saturated heterocycles. The van der Waals surface area contributed by atoms with Crippen molar-refractivity contribution in [3.05, 3.63) is 42.1 Å². The third kappa shape index (κ3) is 3.16. The summed E-state index contributed by atoms with van der Waals surface area (Å²) in [5.74, 6) is 1.47. The molecule has 19 heavy (non-hydrogen) atoms. The zero-order valence-corrected chi connectivity index (χ0v) is 11.3. The van der Waals surface area contributed by atoms with Crippen molar-refractivity contribution in [3.8, 4) is 5.75 Å². The van der Waals surface area contributed by atoms with Gasteiger partial charge < -0.3 is 15.8 Å². The summed E-state index contributed by atoms with van der Waals surface area (Å²) in [5.41, 5.74) is 8.55. The fourth-order valence-electron chi connectivity index (χ4n) is 1.70. The molecule has 2 rings (SSSR count). The summed E-state index contributed by atoms with van der Waals surface area (Å²) in [4.78, 5) is 4.26. The maximum atomic E-state index is 6.01. The summed E-state index contributed by atoms with van der Waals surface area (Å²) in [5, 5.41) is 3.23. The molecular formula is C15H19N3O. The zero-order valence-electron chi connectivity index (χ0n) is 11.3. The van der Waals surface area contributed by atoms with Crippen molar-refractivity contribution in [2.24, 2.45) is 0 Å². The Bertz CT molecular complexity index is 555. The lowest BCUT2D eigenvalue weighted by atomic mass is 10.2. The molecule has 0 aliphatic heterocycles. The van der Waals surface area contributed by atoms with E-state index in [0.717, 1.165) is 23.4 Å². The number of aryl methyl sites for hydroxylation is 1. The lowest BCUT2D eigenvalue weighted by molar-refractivity contribution is 0.319. The Hall–Kier alpha value is -2.23. The summed E-state index contributed by atoms with van der Waals surface area (Å²) in [6.07, 6.45) is 2.71. The summed E-state index contributed by atoms with van der Waals surface area (Å²) in [6.45, 7) is 4.73. The van der Waals surface area contributed by atoms with Gasteiger partial charge in [-0.1, -0.05) is 19.1 Å². The number of benzene rings is 1. The molecule has 0 atom stereocenters. The molecule has 0 unspecified atom stereocenters. The molecule has 3 N–H and O–H groups in total. The van der Waals surface area contributed by atoms with Gasteiger partial charge in [0, 0.05) is 6.20 Å². The van der Waals surface area contributed by atoms with Crippen molar-refractivity contribution in [3.63, 3.8) is 0 Å². The lowest BCUT2D eigenvalue weighted by Gasteiger charge is -2.14. The second-order valence-corrected chi connectivity index (χ2v) is 4.36. The Labute approximate surface area is 113 Å². The first-order chi connectivity index (χ1) is 9.22. The average Bonchev–Trinajstić information content (AvgIpc) is 2.43. The molecule has 0 aliphatic rings. The maximum absolute atomic E-state index is 6.01. The van der Waals surface area contributed by atoms with Gasteiger partial charge in [-0.25, -0.2) is 4.98 Å². The van der Waals surface area contributed by atoms with Gasteiger partial charge >= 0.3 is 0 Å². The van der Waals surface area contributed by atoms with E-state index in [1.165, 1.54) is 0 Å². The van der Waals surface area contributed by atoms with Crippen molar-refractivity contribution in [1.82, 2.24) is 4.98 Å². The topological polar surface area (TPSA) is 60.2 Å². The second kappa shape index (κ2) is 6.09. The van der Waals surface area contributed by atoms with Gasteiger partial charge in [-0.2, -0.15) is 0 Å². The predicted octanol–water partition coefficient (Wildman–Crippen LogP) is 3.50. The van der Waals surface area contributed by atoms with Crippen molar-refractivity contribution < 1.29 is 4.74 Å². The minimum atomic E-state index is 0.660. The van der Waals surface area contributed by atoms with Gasteiger partial charge in [0.15, 0.2) is 5.82 Å². The van der Waals surface area contributed by atoms with E-state index < -0.39 is 0 Å². The first-order valence-electron chi connectivity index (χ1n) is 6.42. The fraction of sp³-hybridized carbons (Fsp3) is 0.267. The quantitative estimate of drug-likeness (QED) is 0.860. The maximum Gasteiger partial charge on any atom is 0.153 e. The van der Waals surface area contributed by atoms with Crippen LogP contribution in [0.25, 0.3) is 0 Å². The number of hydrogen-bond acceptors (Lipinski definition) is 4. The highest BCUT2D eigenvalue weighted by atomic mass is 16.5. The van der Waals surface area contributed by atoms with E-state index in [9.17, 15) is 0 Å². The smallest absolute Gasteiger partial charge is 0.153 e. The summed E-state index contributed by atoms with van der Waals surface area (Å²) in [7, 11) is 0. The molecule has 1 aromatic carbocycles. The molecule has 0 radical (unpaired) electrons. The van der Waals surface area contributed by atoms with Gasteiger partial charge in [0.05, 0.1) is 18.0 Å². The van der Waals surface area contributed by atoms with Crippen LogP contribution < -0.4 is 15.8 Å². The molecule has 1 aromatic heterocycles. The standard InChI is InChI=1S/C15H19N3O/c1-3-10-19-13-7-5-4-6-12(13)18-15-14(16)11(2)8-9-17-15/h4-9H,3,10,16H2,1-2H3,(H,17,18). The van der Waals surface area contributed by atoms with E-state index in [2.05, 4.69) is 17.2 Å². The molecule has 0 bridgehead atoms. The van der Waals surface area contributed by atoms with Crippen LogP contribution in [0.2, 0.25) is 0 Å². The Balaban J connectivity index is 2.25. The van der Waals surface area contributed by atoms with Gasteiger partial charge in [-0.3, -0.25) is 0 Å². The van der Waals surface area contributed by atoms with Gasteiger partial charge in [0.2, 0.25) is 0 Å². The number of pyridine rings is 1. The molecule has 1 heterocycles. The van der Waals surface area contributed by atoms with Crippen molar-refractivity contribution in [2.45, 2.75) is 20.3 Å². The molecule has 0 aliphatic carbocycles. The number of anilines is 3. The largest absolute Gasteiger partial charge is 0.491 e. The van der Waals surface area contributed by atoms with Crippen LogP contribution in [-0.4, -0.2) is 11.6 Å². The van der Waals surface area contributed by atoms with E-state index in [0.29, 0.717) is 18.1 Å². The average molecular weight is 257 g/mol. The van der Waals surface area contributed by atoms with Crippen molar-refractivity contribution in [2.75, 3.05) is 17.7 Å². The number of para-hydroxylation sites is 2. The third-order valence-electron chi connectivity index (χ3n) is 2.81. The Kier molecular flexibility index (Phi) is 4.23. The number of aromatic nitrogens is 1. The predicted molar refractivity (Wildman–Crippen MR) is 78.9 cm³/mol. The first kappa shape index (κ1) is 13.2. The number of hydrogen-bond donors (Lipinski definition) is 2. The summed E-state index contributed by atoms with van der Waals surface area (Å²) >= 11 is 0. The van der Waals surface area contributed by atoms with Crippen LogP contribution in [-0.2, 0) is 0 Å². The Morgan fingerprint density at radius 2 is 2.05 bits per heavy atom. The van der Waals surface area contributed by atoms with Gasteiger partial charge in [-0.05, 0) is 37.1 Å². The van der Waals surface area contributed by atoms with Crippen LogP contribution in [0, 0.1) is 6.92 Å². The number of nitrogens with zero attached hydrogens (tertiary/aromatic N) is 1. The summed E-state index contributed by atoms with van der Waals surface area (Å²) < 4.78 is 5.70. The highest BCUT2D eigenvalue weighted by Crippen LogP contribution is 2.29. The van der Waals surface area contributed by atoms with E-state index in [1.54, 1.807) is 6.20 Å². The molecule has 0 saturated carbocycles. The molecule has 100 valence electrons. The van der Waals surface area contributed by atoms with Crippen molar-refractivity contribution >= 4 is 17.2 Å². The highest BCUT2D eigenvalue weighted by molar-refractivity contribution is 5.73. The normalized spacial score (nSPS) is 10.2. The van der Waals surface area contributed by atoms with Crippen LogP contribution >= 0.6 is 0 Å². The first-order valence-corrected chi connectivity index (χ1v) is 6.42. The molecule has 0 fully saturated rings. The minimum Gasteiger partial charge on any atom is -0.491 e. The van der Waals surface area contributed by atoms with Crippen LogP contribution in [0.3, 0.4) is 0 Å². The van der Waals surface area contributed by atoms with Crippen LogP contribution in [0.5, 0.6) is 5.75 Å². The van der Waals surface area contributed by atoms with E-state index in [4.69, 9.17) is 10.5 Å². The zero-order chi connectivity index (χ0) is 13.7. The molecule has 2 aromatic rings. The van der Waals surface area contributed by atoms with Crippen LogP contribution in [0.15, 0.2) is 36.5 Å². The summed E-state index contributed by atoms with van der Waals surface area (Å²) in [6, 6.07) is 9.68. The molecule has 0 spiro atoms. The monoisotopic (exact) mass is 257 g/mol. The number of nitrogen functional groups attached to an aromatic ring is 1. The number of nitrogens with one attached hydrogen (secondary N) is 1. The fourth-order valence-corrected chi connectivity index (χ4v) is 1.70. The van der Waals surface area contributed by atoms with Gasteiger partial charge in [0.25, 0.3) is 0 Å². The third-order valence-corrected chi connectivity index (χ3v) is 2.81. The van der Waals surface area contributed by atoms with Gasteiger partial charge in [0.1, 0.15) is 5.75 Å². The molecule has 4 heteroatoms. The van der Waals surface area contributed by atoms with Crippen LogP contribution in [0.1, 0.15) is 18.9 Å². The molecule has 0 amide bonds. The van der Waals surface area contributed by atoms with Crippen LogP contribution in [0.4, 0.5) is 17.2 Å². The molecule has 4 nitrogen and oxygen atoms in total. The van der Waals surface area contributed by atoms with E-state index in [-0.39, 0.29) is 0 Å². The highest BCUT2D eigenvalue weighted by Gasteiger charge is 2.07. The lowest BCUT2D eigenvalue weighted by Crippen LogP contribution is -2.03. The Morgan fingerprint density at radius 1 is 1.26 bits per heavy atom. The minimum absolute atomic E-state index is 0.660. The number of rotatable bonds is 5.